The third-order valence-corrected chi connectivity index (χ3v) is 4.09. The van der Waals surface area contributed by atoms with Gasteiger partial charge in [0.25, 0.3) is 5.91 Å². The van der Waals surface area contributed by atoms with E-state index in [-0.39, 0.29) is 16.7 Å². The predicted octanol–water partition coefficient (Wildman–Crippen LogP) is 3.88. The molecule has 1 atom stereocenters. The Morgan fingerprint density at radius 1 is 1.29 bits per heavy atom. The molecule has 0 aromatic heterocycles. The van der Waals surface area contributed by atoms with E-state index in [2.05, 4.69) is 13.0 Å². The van der Waals surface area contributed by atoms with Crippen LogP contribution in [0.25, 0.3) is 0 Å². The normalized spacial score (nSPS) is 17.4. The number of halogens is 1. The predicted molar refractivity (Wildman–Crippen MR) is 84.1 cm³/mol. The van der Waals surface area contributed by atoms with Crippen LogP contribution >= 0.6 is 11.6 Å². The van der Waals surface area contributed by atoms with Crippen LogP contribution in [-0.4, -0.2) is 17.6 Å². The molecule has 4 heteroatoms. The molecule has 21 heavy (non-hydrogen) atoms. The lowest BCUT2D eigenvalue weighted by Gasteiger charge is -2.33. The second-order valence-corrected chi connectivity index (χ2v) is 5.93. The van der Waals surface area contributed by atoms with Crippen molar-refractivity contribution in [3.05, 3.63) is 58.6 Å². The lowest BCUT2D eigenvalue weighted by molar-refractivity contribution is 0.0981. The smallest absolute Gasteiger partial charge is 0.258 e. The molecular weight excluding hydrogens is 286 g/mol. The van der Waals surface area contributed by atoms with Crippen LogP contribution in [0.3, 0.4) is 0 Å². The van der Waals surface area contributed by atoms with Gasteiger partial charge in [0, 0.05) is 17.8 Å². The Morgan fingerprint density at radius 3 is 2.81 bits per heavy atom. The number of rotatable bonds is 1. The van der Waals surface area contributed by atoms with Gasteiger partial charge in [-0.15, -0.1) is 0 Å². The number of phenolic OH excluding ortho intramolecular Hbond substituents is 1. The standard InChI is InChI=1S/C17H16ClNO2/c1-11-8-12-4-2-3-5-15(12)19(10-11)17(21)13-6-7-16(20)14(18)9-13/h2-7,9,11,20H,8,10H2,1H3. The van der Waals surface area contributed by atoms with Crippen molar-refractivity contribution in [2.24, 2.45) is 5.92 Å². The molecule has 1 aliphatic heterocycles. The lowest BCUT2D eigenvalue weighted by Crippen LogP contribution is -2.39. The highest BCUT2D eigenvalue weighted by molar-refractivity contribution is 6.32. The fraction of sp³-hybridized carbons (Fsp3) is 0.235. The summed E-state index contributed by atoms with van der Waals surface area (Å²) < 4.78 is 0. The van der Waals surface area contributed by atoms with Crippen LogP contribution in [0.2, 0.25) is 5.02 Å². The number of carbonyl (C=O) groups excluding carboxylic acids is 1. The van der Waals surface area contributed by atoms with Crippen LogP contribution in [0, 0.1) is 5.92 Å². The zero-order chi connectivity index (χ0) is 15.0. The van der Waals surface area contributed by atoms with Crippen LogP contribution < -0.4 is 4.90 Å². The van der Waals surface area contributed by atoms with Crippen LogP contribution in [0.5, 0.6) is 5.75 Å². The number of aromatic hydroxyl groups is 1. The average Bonchev–Trinajstić information content (AvgIpc) is 2.48. The molecule has 3 nitrogen and oxygen atoms in total. The highest BCUT2D eigenvalue weighted by Crippen LogP contribution is 2.31. The maximum Gasteiger partial charge on any atom is 0.258 e. The summed E-state index contributed by atoms with van der Waals surface area (Å²) >= 11 is 5.90. The number of para-hydroxylation sites is 1. The molecule has 2 aromatic rings. The number of fused-ring (bicyclic) bond motifs is 1. The number of nitrogens with zero attached hydrogens (tertiary/aromatic N) is 1. The molecular formula is C17H16ClNO2. The summed E-state index contributed by atoms with van der Waals surface area (Å²) in [4.78, 5) is 14.6. The van der Waals surface area contributed by atoms with Crippen molar-refractivity contribution < 1.29 is 9.90 Å². The number of hydrogen-bond acceptors (Lipinski definition) is 2. The van der Waals surface area contributed by atoms with Gasteiger partial charge in [0.2, 0.25) is 0 Å². The van der Waals surface area contributed by atoms with Gasteiger partial charge in [-0.2, -0.15) is 0 Å². The molecule has 1 heterocycles. The van der Waals surface area contributed by atoms with Crippen molar-refractivity contribution >= 4 is 23.2 Å². The quantitative estimate of drug-likeness (QED) is 0.868. The van der Waals surface area contributed by atoms with E-state index >= 15 is 0 Å². The molecule has 108 valence electrons. The van der Waals surface area contributed by atoms with Crippen molar-refractivity contribution in [3.63, 3.8) is 0 Å². The van der Waals surface area contributed by atoms with Crippen LogP contribution in [0.1, 0.15) is 22.8 Å². The molecule has 0 spiro atoms. The summed E-state index contributed by atoms with van der Waals surface area (Å²) in [6, 6.07) is 12.5. The molecule has 0 radical (unpaired) electrons. The highest BCUT2D eigenvalue weighted by atomic mass is 35.5. The summed E-state index contributed by atoms with van der Waals surface area (Å²) in [5, 5.41) is 9.67. The molecule has 0 saturated heterocycles. The molecule has 2 aromatic carbocycles. The number of anilines is 1. The van der Waals surface area contributed by atoms with Gasteiger partial charge in [-0.3, -0.25) is 4.79 Å². The van der Waals surface area contributed by atoms with E-state index in [0.717, 1.165) is 12.1 Å². The van der Waals surface area contributed by atoms with Crippen molar-refractivity contribution in [3.8, 4) is 5.75 Å². The fourth-order valence-electron chi connectivity index (χ4n) is 2.78. The summed E-state index contributed by atoms with van der Waals surface area (Å²) in [7, 11) is 0. The SMILES string of the molecule is CC1Cc2ccccc2N(C(=O)c2ccc(O)c(Cl)c2)C1. The summed E-state index contributed by atoms with van der Waals surface area (Å²) in [5.74, 6) is 0.313. The maximum absolute atomic E-state index is 12.8. The van der Waals surface area contributed by atoms with Crippen molar-refractivity contribution in [1.29, 1.82) is 0 Å². The maximum atomic E-state index is 12.8. The van der Waals surface area contributed by atoms with Gasteiger partial charge < -0.3 is 10.0 Å². The van der Waals surface area contributed by atoms with Crippen LogP contribution in [0.15, 0.2) is 42.5 Å². The molecule has 1 amide bonds. The van der Waals surface area contributed by atoms with Crippen LogP contribution in [0.4, 0.5) is 5.69 Å². The summed E-state index contributed by atoms with van der Waals surface area (Å²) in [6.45, 7) is 2.83. The third kappa shape index (κ3) is 2.61. The third-order valence-electron chi connectivity index (χ3n) is 3.78. The first-order chi connectivity index (χ1) is 10.1. The zero-order valence-corrected chi connectivity index (χ0v) is 12.5. The number of hydrogen-bond donors (Lipinski definition) is 1. The first-order valence-electron chi connectivity index (χ1n) is 6.94. The van der Waals surface area contributed by atoms with Crippen LogP contribution in [-0.2, 0) is 6.42 Å². The number of phenols is 1. The van der Waals surface area contributed by atoms with E-state index in [1.54, 1.807) is 11.0 Å². The average molecular weight is 302 g/mol. The van der Waals surface area contributed by atoms with Crippen molar-refractivity contribution in [2.45, 2.75) is 13.3 Å². The summed E-state index contributed by atoms with van der Waals surface area (Å²) in [5.41, 5.74) is 2.64. The van der Waals surface area contributed by atoms with Gasteiger partial charge in [0.15, 0.2) is 0 Å². The van der Waals surface area contributed by atoms with Gasteiger partial charge >= 0.3 is 0 Å². The lowest BCUT2D eigenvalue weighted by atomic mass is 9.93. The Kier molecular flexibility index (Phi) is 3.60. The van der Waals surface area contributed by atoms with E-state index in [0.29, 0.717) is 18.0 Å². The molecule has 1 N–H and O–H groups in total. The van der Waals surface area contributed by atoms with Crippen molar-refractivity contribution in [1.82, 2.24) is 0 Å². The number of carbonyl (C=O) groups is 1. The van der Waals surface area contributed by atoms with E-state index in [9.17, 15) is 9.90 Å². The fourth-order valence-corrected chi connectivity index (χ4v) is 2.97. The Morgan fingerprint density at radius 2 is 2.05 bits per heavy atom. The van der Waals surface area contributed by atoms with Crippen molar-refractivity contribution in [2.75, 3.05) is 11.4 Å². The van der Waals surface area contributed by atoms with E-state index < -0.39 is 0 Å². The number of benzene rings is 2. The van der Waals surface area contributed by atoms with Gasteiger partial charge in [-0.25, -0.2) is 0 Å². The zero-order valence-electron chi connectivity index (χ0n) is 11.7. The van der Waals surface area contributed by atoms with E-state index in [1.165, 1.54) is 17.7 Å². The molecule has 0 bridgehead atoms. The second-order valence-electron chi connectivity index (χ2n) is 5.52. The highest BCUT2D eigenvalue weighted by Gasteiger charge is 2.27. The Labute approximate surface area is 128 Å². The van der Waals surface area contributed by atoms with E-state index in [1.807, 2.05) is 18.2 Å². The largest absolute Gasteiger partial charge is 0.506 e. The molecule has 0 aliphatic carbocycles. The van der Waals surface area contributed by atoms with Gasteiger partial charge in [0.05, 0.1) is 5.02 Å². The molecule has 1 unspecified atom stereocenters. The summed E-state index contributed by atoms with van der Waals surface area (Å²) in [6.07, 6.45) is 0.982. The Hall–Kier alpha value is -2.00. The van der Waals surface area contributed by atoms with Gasteiger partial charge in [0.1, 0.15) is 5.75 Å². The minimum atomic E-state index is -0.0871. The Balaban J connectivity index is 1.99. The number of amides is 1. The monoisotopic (exact) mass is 301 g/mol. The first kappa shape index (κ1) is 14.0. The second kappa shape index (κ2) is 5.41. The molecule has 3 rings (SSSR count). The van der Waals surface area contributed by atoms with Gasteiger partial charge in [-0.05, 0) is 42.2 Å². The molecule has 1 aliphatic rings. The minimum absolute atomic E-state index is 0.0133. The Bertz CT molecular complexity index is 699. The molecule has 0 fully saturated rings. The van der Waals surface area contributed by atoms with E-state index in [4.69, 9.17) is 11.6 Å². The minimum Gasteiger partial charge on any atom is -0.506 e. The first-order valence-corrected chi connectivity index (χ1v) is 7.32. The molecule has 0 saturated carbocycles. The van der Waals surface area contributed by atoms with Gasteiger partial charge in [-0.1, -0.05) is 36.7 Å². The topological polar surface area (TPSA) is 40.5 Å².